The summed E-state index contributed by atoms with van der Waals surface area (Å²) < 4.78 is 5.03. The third kappa shape index (κ3) is 3.48. The Hall–Kier alpha value is -2.54. The lowest BCUT2D eigenvalue weighted by atomic mass is 10.2. The molecule has 0 aliphatic heterocycles. The van der Waals surface area contributed by atoms with Gasteiger partial charge < -0.3 is 10.1 Å². The minimum atomic E-state index is -0.300. The number of hydrogen-bond acceptors (Lipinski definition) is 5. The molecule has 0 spiro atoms. The molecule has 0 radical (unpaired) electrons. The Balaban J connectivity index is 2.01. The SMILES string of the molecule is COc1nccnc1NC(=S)NC(=O)c1ccccc1. The summed E-state index contributed by atoms with van der Waals surface area (Å²) in [6.07, 6.45) is 2.99. The normalized spacial score (nSPS) is 9.65. The fourth-order valence-electron chi connectivity index (χ4n) is 1.46. The number of benzene rings is 1. The topological polar surface area (TPSA) is 76.1 Å². The number of ether oxygens (including phenoxy) is 1. The van der Waals surface area contributed by atoms with E-state index in [2.05, 4.69) is 20.6 Å². The molecule has 2 N–H and O–H groups in total. The molecule has 0 unspecified atom stereocenters. The maximum Gasteiger partial charge on any atom is 0.257 e. The average molecular weight is 288 g/mol. The minimum absolute atomic E-state index is 0.123. The molecule has 102 valence electrons. The first-order chi connectivity index (χ1) is 9.70. The number of rotatable bonds is 3. The number of nitrogens with one attached hydrogen (secondary N) is 2. The molecule has 0 aliphatic rings. The van der Waals surface area contributed by atoms with Crippen molar-refractivity contribution in [3.8, 4) is 5.88 Å². The van der Waals surface area contributed by atoms with Crippen LogP contribution in [0.15, 0.2) is 42.7 Å². The lowest BCUT2D eigenvalue weighted by Gasteiger charge is -2.10. The molecule has 0 bridgehead atoms. The fraction of sp³-hybridized carbons (Fsp3) is 0.0769. The van der Waals surface area contributed by atoms with E-state index in [9.17, 15) is 4.79 Å². The van der Waals surface area contributed by atoms with Crippen molar-refractivity contribution in [3.05, 3.63) is 48.3 Å². The summed E-state index contributed by atoms with van der Waals surface area (Å²) in [5.41, 5.74) is 0.516. The fourth-order valence-corrected chi connectivity index (χ4v) is 1.65. The first-order valence-corrected chi connectivity index (χ1v) is 6.14. The molecule has 1 aromatic heterocycles. The number of methoxy groups -OCH3 is 1. The Bertz CT molecular complexity index is 619. The van der Waals surface area contributed by atoms with Gasteiger partial charge >= 0.3 is 0 Å². The molecular weight excluding hydrogens is 276 g/mol. The monoisotopic (exact) mass is 288 g/mol. The summed E-state index contributed by atoms with van der Waals surface area (Å²) in [7, 11) is 1.47. The van der Waals surface area contributed by atoms with Crippen LogP contribution < -0.4 is 15.4 Å². The molecule has 1 aromatic carbocycles. The van der Waals surface area contributed by atoms with Crippen molar-refractivity contribution in [3.63, 3.8) is 0 Å². The van der Waals surface area contributed by atoms with Crippen molar-refractivity contribution in [2.24, 2.45) is 0 Å². The minimum Gasteiger partial charge on any atom is -0.478 e. The van der Waals surface area contributed by atoms with Gasteiger partial charge in [-0.1, -0.05) is 18.2 Å². The number of amides is 1. The second kappa shape index (κ2) is 6.58. The summed E-state index contributed by atoms with van der Waals surface area (Å²) in [5, 5.41) is 5.44. The van der Waals surface area contributed by atoms with Gasteiger partial charge in [-0.15, -0.1) is 0 Å². The summed E-state index contributed by atoms with van der Waals surface area (Å²) in [5.74, 6) is 0.336. The predicted octanol–water partition coefficient (Wildman–Crippen LogP) is 1.61. The highest BCUT2D eigenvalue weighted by atomic mass is 32.1. The summed E-state index contributed by atoms with van der Waals surface area (Å²) >= 11 is 5.05. The van der Waals surface area contributed by atoms with Crippen LogP contribution in [0.5, 0.6) is 5.88 Å². The Labute approximate surface area is 121 Å². The molecule has 1 heterocycles. The highest BCUT2D eigenvalue weighted by Crippen LogP contribution is 2.15. The van der Waals surface area contributed by atoms with E-state index in [0.717, 1.165) is 0 Å². The van der Waals surface area contributed by atoms with Crippen LogP contribution in [0.4, 0.5) is 5.82 Å². The van der Waals surface area contributed by atoms with Crippen LogP contribution in [0, 0.1) is 0 Å². The van der Waals surface area contributed by atoms with Crippen molar-refractivity contribution in [2.45, 2.75) is 0 Å². The Kier molecular flexibility index (Phi) is 4.56. The van der Waals surface area contributed by atoms with E-state index in [1.165, 1.54) is 19.5 Å². The summed E-state index contributed by atoms with van der Waals surface area (Å²) in [4.78, 5) is 19.9. The number of hydrogen-bond donors (Lipinski definition) is 2. The zero-order valence-corrected chi connectivity index (χ0v) is 11.5. The van der Waals surface area contributed by atoms with Crippen LogP contribution in [0.1, 0.15) is 10.4 Å². The van der Waals surface area contributed by atoms with Crippen molar-refractivity contribution in [1.29, 1.82) is 0 Å². The van der Waals surface area contributed by atoms with Gasteiger partial charge in [0.1, 0.15) is 0 Å². The molecule has 2 aromatic rings. The van der Waals surface area contributed by atoms with Crippen molar-refractivity contribution >= 4 is 29.1 Å². The van der Waals surface area contributed by atoms with Gasteiger partial charge in [-0.2, -0.15) is 0 Å². The molecular formula is C13H12N4O2S. The highest BCUT2D eigenvalue weighted by molar-refractivity contribution is 7.80. The molecule has 0 saturated carbocycles. The van der Waals surface area contributed by atoms with Gasteiger partial charge in [0.15, 0.2) is 10.9 Å². The quantitative estimate of drug-likeness (QED) is 0.836. The van der Waals surface area contributed by atoms with E-state index in [4.69, 9.17) is 17.0 Å². The third-order valence-corrected chi connectivity index (χ3v) is 2.56. The first kappa shape index (κ1) is 13.9. The number of nitrogens with zero attached hydrogens (tertiary/aromatic N) is 2. The van der Waals surface area contributed by atoms with E-state index in [1.54, 1.807) is 24.3 Å². The standard InChI is InChI=1S/C13H12N4O2S/c1-19-12-10(14-7-8-15-12)16-13(20)17-11(18)9-5-3-2-4-6-9/h2-8H,1H3,(H2,14,16,17,18,20). The van der Waals surface area contributed by atoms with Gasteiger partial charge in [0.2, 0.25) is 0 Å². The molecule has 20 heavy (non-hydrogen) atoms. The van der Waals surface area contributed by atoms with Gasteiger partial charge in [-0.3, -0.25) is 10.1 Å². The van der Waals surface area contributed by atoms with Crippen LogP contribution in [0.2, 0.25) is 0 Å². The summed E-state index contributed by atoms with van der Waals surface area (Å²) in [6.45, 7) is 0. The predicted molar refractivity (Wildman–Crippen MR) is 78.7 cm³/mol. The number of carbonyl (C=O) groups excluding carboxylic acids is 1. The highest BCUT2D eigenvalue weighted by Gasteiger charge is 2.10. The maximum atomic E-state index is 11.9. The number of anilines is 1. The molecule has 0 aliphatic carbocycles. The van der Waals surface area contributed by atoms with E-state index in [0.29, 0.717) is 17.3 Å². The van der Waals surface area contributed by atoms with Crippen LogP contribution >= 0.6 is 12.2 Å². The average Bonchev–Trinajstić information content (AvgIpc) is 2.48. The van der Waals surface area contributed by atoms with Gasteiger partial charge in [-0.05, 0) is 24.4 Å². The van der Waals surface area contributed by atoms with Gasteiger partial charge in [-0.25, -0.2) is 9.97 Å². The molecule has 6 nitrogen and oxygen atoms in total. The molecule has 7 heteroatoms. The van der Waals surface area contributed by atoms with Gasteiger partial charge in [0.25, 0.3) is 11.8 Å². The maximum absolute atomic E-state index is 11.9. The number of thiocarbonyl (C=S) groups is 1. The zero-order valence-electron chi connectivity index (χ0n) is 10.7. The lowest BCUT2D eigenvalue weighted by molar-refractivity contribution is 0.0977. The van der Waals surface area contributed by atoms with Gasteiger partial charge in [0, 0.05) is 18.0 Å². The molecule has 0 fully saturated rings. The van der Waals surface area contributed by atoms with Crippen LogP contribution in [0.3, 0.4) is 0 Å². The van der Waals surface area contributed by atoms with E-state index in [1.807, 2.05) is 6.07 Å². The summed E-state index contributed by atoms with van der Waals surface area (Å²) in [6, 6.07) is 8.77. The van der Waals surface area contributed by atoms with Crippen molar-refractivity contribution in [2.75, 3.05) is 12.4 Å². The Morgan fingerprint density at radius 3 is 2.60 bits per heavy atom. The zero-order chi connectivity index (χ0) is 14.4. The molecule has 0 saturated heterocycles. The van der Waals surface area contributed by atoms with Crippen molar-refractivity contribution in [1.82, 2.24) is 15.3 Å². The molecule has 0 atom stereocenters. The lowest BCUT2D eigenvalue weighted by Crippen LogP contribution is -2.34. The first-order valence-electron chi connectivity index (χ1n) is 5.73. The molecule has 1 amide bonds. The van der Waals surface area contributed by atoms with Crippen molar-refractivity contribution < 1.29 is 9.53 Å². The van der Waals surface area contributed by atoms with E-state index in [-0.39, 0.29) is 11.0 Å². The second-order valence-corrected chi connectivity index (χ2v) is 4.10. The van der Waals surface area contributed by atoms with Crippen LogP contribution in [0.25, 0.3) is 0 Å². The third-order valence-electron chi connectivity index (χ3n) is 2.35. The number of carbonyl (C=O) groups is 1. The Morgan fingerprint density at radius 1 is 1.20 bits per heavy atom. The smallest absolute Gasteiger partial charge is 0.257 e. The van der Waals surface area contributed by atoms with E-state index < -0.39 is 0 Å². The largest absolute Gasteiger partial charge is 0.478 e. The molecule has 2 rings (SSSR count). The van der Waals surface area contributed by atoms with Crippen LogP contribution in [-0.4, -0.2) is 28.1 Å². The Morgan fingerprint density at radius 2 is 1.90 bits per heavy atom. The number of aromatic nitrogens is 2. The van der Waals surface area contributed by atoms with Crippen LogP contribution in [-0.2, 0) is 0 Å². The van der Waals surface area contributed by atoms with Gasteiger partial charge in [0.05, 0.1) is 7.11 Å². The van der Waals surface area contributed by atoms with E-state index >= 15 is 0 Å². The second-order valence-electron chi connectivity index (χ2n) is 3.69.